The Bertz CT molecular complexity index is 1260. The maximum atomic E-state index is 13.1. The molecule has 0 amide bonds. The first kappa shape index (κ1) is 26.5. The minimum absolute atomic E-state index is 0.122. The summed E-state index contributed by atoms with van der Waals surface area (Å²) in [5.41, 5.74) is 0.436. The van der Waals surface area contributed by atoms with Crippen LogP contribution >= 0.6 is 0 Å². The van der Waals surface area contributed by atoms with Gasteiger partial charge in [0.05, 0.1) is 16.7 Å². The lowest BCUT2D eigenvalue weighted by Crippen LogP contribution is -2.63. The van der Waals surface area contributed by atoms with E-state index in [4.69, 9.17) is 23.7 Å². The van der Waals surface area contributed by atoms with Gasteiger partial charge in [0.25, 0.3) is 0 Å². The molecule has 0 spiro atoms. The second kappa shape index (κ2) is 12.1. The standard InChI is InChI=1S/C28H24O10/c1-34-28-23(37-27(33)19-15-9-4-10-16-19)21(36-26(32)18-13-7-3-8-14-18)20(22(38-28)24(29)30)35-25(31)17-11-5-2-6-12-17/h2-16,20-23,28H,1H3,(H,29,30). The topological polar surface area (TPSA) is 135 Å². The first-order chi connectivity index (χ1) is 18.4. The predicted molar refractivity (Wildman–Crippen MR) is 130 cm³/mol. The smallest absolute Gasteiger partial charge is 0.338 e. The van der Waals surface area contributed by atoms with E-state index in [1.165, 1.54) is 43.5 Å². The maximum absolute atomic E-state index is 13.1. The molecule has 1 aliphatic heterocycles. The van der Waals surface area contributed by atoms with Crippen molar-refractivity contribution >= 4 is 23.9 Å². The van der Waals surface area contributed by atoms with Gasteiger partial charge in [-0.3, -0.25) is 0 Å². The summed E-state index contributed by atoms with van der Waals surface area (Å²) in [7, 11) is 1.21. The third-order valence-corrected chi connectivity index (χ3v) is 5.73. The Morgan fingerprint density at radius 1 is 0.605 bits per heavy atom. The molecule has 4 rings (SSSR count). The third kappa shape index (κ3) is 6.05. The number of esters is 3. The molecule has 0 aliphatic carbocycles. The number of carboxylic acid groups (broad SMARTS) is 1. The van der Waals surface area contributed by atoms with Crippen LogP contribution < -0.4 is 0 Å². The van der Waals surface area contributed by atoms with Crippen LogP contribution in [-0.4, -0.2) is 66.8 Å². The van der Waals surface area contributed by atoms with E-state index >= 15 is 0 Å². The quantitative estimate of drug-likeness (QED) is 0.349. The molecule has 3 aromatic rings. The fourth-order valence-corrected chi connectivity index (χ4v) is 3.89. The second-order valence-electron chi connectivity index (χ2n) is 8.21. The van der Waals surface area contributed by atoms with Gasteiger partial charge in [0.1, 0.15) is 0 Å². The lowest BCUT2D eigenvalue weighted by Gasteiger charge is -2.42. The van der Waals surface area contributed by atoms with Crippen LogP contribution in [0.15, 0.2) is 91.0 Å². The number of ether oxygens (including phenoxy) is 5. The monoisotopic (exact) mass is 520 g/mol. The fourth-order valence-electron chi connectivity index (χ4n) is 3.89. The lowest BCUT2D eigenvalue weighted by molar-refractivity contribution is -0.285. The molecule has 38 heavy (non-hydrogen) atoms. The Morgan fingerprint density at radius 2 is 0.974 bits per heavy atom. The van der Waals surface area contributed by atoms with Gasteiger partial charge in [-0.2, -0.15) is 0 Å². The van der Waals surface area contributed by atoms with Crippen LogP contribution in [0, 0.1) is 0 Å². The first-order valence-electron chi connectivity index (χ1n) is 11.6. The molecule has 1 fully saturated rings. The highest BCUT2D eigenvalue weighted by Gasteiger charge is 2.55. The summed E-state index contributed by atoms with van der Waals surface area (Å²) in [6.45, 7) is 0. The van der Waals surface area contributed by atoms with Crippen LogP contribution in [-0.2, 0) is 28.5 Å². The van der Waals surface area contributed by atoms with Gasteiger partial charge >= 0.3 is 23.9 Å². The van der Waals surface area contributed by atoms with Gasteiger partial charge in [-0.25, -0.2) is 19.2 Å². The van der Waals surface area contributed by atoms with Crippen molar-refractivity contribution in [2.45, 2.75) is 30.7 Å². The van der Waals surface area contributed by atoms with Crippen LogP contribution in [0.5, 0.6) is 0 Å². The average Bonchev–Trinajstić information content (AvgIpc) is 2.95. The number of hydrogen-bond donors (Lipinski definition) is 1. The zero-order valence-electron chi connectivity index (χ0n) is 20.2. The first-order valence-corrected chi connectivity index (χ1v) is 11.6. The van der Waals surface area contributed by atoms with E-state index in [-0.39, 0.29) is 16.7 Å². The molecule has 3 aromatic carbocycles. The number of benzene rings is 3. The van der Waals surface area contributed by atoms with Crippen LogP contribution in [0.4, 0.5) is 0 Å². The molecular formula is C28H24O10. The molecule has 1 N–H and O–H groups in total. The summed E-state index contributed by atoms with van der Waals surface area (Å²) in [6, 6.07) is 23.7. The fraction of sp³-hybridized carbons (Fsp3) is 0.214. The van der Waals surface area contributed by atoms with Crippen LogP contribution in [0.3, 0.4) is 0 Å². The maximum Gasteiger partial charge on any atom is 0.338 e. The lowest BCUT2D eigenvalue weighted by atomic mass is 9.97. The predicted octanol–water partition coefficient (Wildman–Crippen LogP) is 3.12. The van der Waals surface area contributed by atoms with Gasteiger partial charge in [0.15, 0.2) is 30.7 Å². The number of methoxy groups -OCH3 is 1. The highest BCUT2D eigenvalue weighted by atomic mass is 16.7. The van der Waals surface area contributed by atoms with E-state index in [1.807, 2.05) is 0 Å². The molecule has 0 saturated carbocycles. The molecule has 5 atom stereocenters. The van der Waals surface area contributed by atoms with E-state index < -0.39 is 54.6 Å². The van der Waals surface area contributed by atoms with Gasteiger partial charge in [-0.15, -0.1) is 0 Å². The Hall–Kier alpha value is -4.54. The molecule has 10 heteroatoms. The van der Waals surface area contributed by atoms with Gasteiger partial charge in [0.2, 0.25) is 0 Å². The van der Waals surface area contributed by atoms with Gasteiger partial charge in [-0.05, 0) is 36.4 Å². The summed E-state index contributed by atoms with van der Waals surface area (Å²) >= 11 is 0. The zero-order chi connectivity index (χ0) is 27.1. The van der Waals surface area contributed by atoms with Crippen molar-refractivity contribution in [2.75, 3.05) is 7.11 Å². The molecular weight excluding hydrogens is 496 g/mol. The van der Waals surface area contributed by atoms with Crippen molar-refractivity contribution in [3.05, 3.63) is 108 Å². The van der Waals surface area contributed by atoms with Crippen LogP contribution in [0.2, 0.25) is 0 Å². The summed E-state index contributed by atoms with van der Waals surface area (Å²) in [6.07, 6.45) is -8.09. The minimum atomic E-state index is -1.81. The van der Waals surface area contributed by atoms with Gasteiger partial charge in [-0.1, -0.05) is 54.6 Å². The number of hydrogen-bond acceptors (Lipinski definition) is 9. The molecule has 1 aliphatic rings. The Balaban J connectivity index is 1.72. The zero-order valence-corrected chi connectivity index (χ0v) is 20.2. The van der Waals surface area contributed by atoms with Gasteiger partial charge in [0, 0.05) is 7.11 Å². The summed E-state index contributed by atoms with van der Waals surface area (Å²) < 4.78 is 27.7. The van der Waals surface area contributed by atoms with Gasteiger partial charge < -0.3 is 28.8 Å². The molecule has 10 nitrogen and oxygen atoms in total. The van der Waals surface area contributed by atoms with Crippen molar-refractivity contribution in [1.29, 1.82) is 0 Å². The second-order valence-corrected chi connectivity index (χ2v) is 8.21. The summed E-state index contributed by atoms with van der Waals surface area (Å²) in [4.78, 5) is 51.1. The SMILES string of the molecule is COC1OC(C(=O)O)C(OC(=O)c2ccccc2)C(OC(=O)c2ccccc2)C1OC(=O)c1ccccc1. The number of aliphatic carboxylic acids is 1. The molecule has 0 bridgehead atoms. The average molecular weight is 520 g/mol. The molecule has 1 heterocycles. The normalized spacial score (nSPS) is 22.6. The Morgan fingerprint density at radius 3 is 1.34 bits per heavy atom. The Labute approximate surface area is 217 Å². The van der Waals surface area contributed by atoms with Crippen molar-refractivity contribution in [2.24, 2.45) is 0 Å². The number of carbonyl (C=O) groups is 4. The van der Waals surface area contributed by atoms with E-state index in [9.17, 15) is 24.3 Å². The molecule has 0 aromatic heterocycles. The summed E-state index contributed by atoms with van der Waals surface area (Å²) in [5, 5.41) is 9.90. The highest BCUT2D eigenvalue weighted by Crippen LogP contribution is 2.31. The van der Waals surface area contributed by atoms with E-state index in [1.54, 1.807) is 54.6 Å². The minimum Gasteiger partial charge on any atom is -0.479 e. The van der Waals surface area contributed by atoms with Crippen molar-refractivity contribution < 1.29 is 48.0 Å². The molecule has 1 saturated heterocycles. The van der Waals surface area contributed by atoms with Crippen molar-refractivity contribution in [3.8, 4) is 0 Å². The molecule has 196 valence electrons. The number of carbonyl (C=O) groups excluding carboxylic acids is 3. The van der Waals surface area contributed by atoms with Crippen molar-refractivity contribution in [3.63, 3.8) is 0 Å². The van der Waals surface area contributed by atoms with E-state index in [2.05, 4.69) is 0 Å². The molecule has 5 unspecified atom stereocenters. The Kier molecular flexibility index (Phi) is 8.47. The highest BCUT2D eigenvalue weighted by molar-refractivity contribution is 5.91. The summed E-state index contributed by atoms with van der Waals surface area (Å²) in [5.74, 6) is -4.08. The molecule has 0 radical (unpaired) electrons. The number of rotatable bonds is 8. The number of carboxylic acids is 1. The third-order valence-electron chi connectivity index (χ3n) is 5.73. The van der Waals surface area contributed by atoms with Crippen LogP contribution in [0.1, 0.15) is 31.1 Å². The van der Waals surface area contributed by atoms with Crippen molar-refractivity contribution in [1.82, 2.24) is 0 Å². The van der Waals surface area contributed by atoms with E-state index in [0.29, 0.717) is 0 Å². The van der Waals surface area contributed by atoms with E-state index in [0.717, 1.165) is 0 Å². The van der Waals surface area contributed by atoms with Crippen LogP contribution in [0.25, 0.3) is 0 Å². The largest absolute Gasteiger partial charge is 0.479 e.